The van der Waals surface area contributed by atoms with Crippen LogP contribution in [0.25, 0.3) is 0 Å². The van der Waals surface area contributed by atoms with Gasteiger partial charge in [0.1, 0.15) is 16.6 Å². The second kappa shape index (κ2) is 7.78. The molecule has 0 saturated carbocycles. The summed E-state index contributed by atoms with van der Waals surface area (Å²) in [7, 11) is 1.99. The third kappa shape index (κ3) is 5.41. The Labute approximate surface area is 152 Å². The second-order valence-electron chi connectivity index (χ2n) is 7.00. The first kappa shape index (κ1) is 19.1. The molecule has 0 aromatic carbocycles. The van der Waals surface area contributed by atoms with Crippen molar-refractivity contribution in [2.75, 3.05) is 37.8 Å². The van der Waals surface area contributed by atoms with Crippen LogP contribution in [0.4, 0.5) is 10.6 Å². The quantitative estimate of drug-likeness (QED) is 0.457. The highest BCUT2D eigenvalue weighted by molar-refractivity contribution is 7.98. The normalized spacial score (nSPS) is 17.9. The number of likely N-dealkylation sites (tertiary alicyclic amines) is 1. The lowest BCUT2D eigenvalue weighted by Crippen LogP contribution is -2.36. The van der Waals surface area contributed by atoms with Gasteiger partial charge in [-0.25, -0.2) is 14.8 Å². The molecule has 0 bridgehead atoms. The number of amides is 1. The van der Waals surface area contributed by atoms with Gasteiger partial charge >= 0.3 is 6.09 Å². The van der Waals surface area contributed by atoms with E-state index < -0.39 is 5.60 Å². The lowest BCUT2D eigenvalue weighted by atomic mass is 10.1. The van der Waals surface area contributed by atoms with Gasteiger partial charge in [0, 0.05) is 32.7 Å². The lowest BCUT2D eigenvalue weighted by molar-refractivity contribution is 0.0288. The molecule has 1 aliphatic rings. The van der Waals surface area contributed by atoms with Gasteiger partial charge in [0.05, 0.1) is 0 Å². The Kier molecular flexibility index (Phi) is 6.20. The number of nitrogens with zero attached hydrogens (tertiary/aromatic N) is 4. The van der Waals surface area contributed by atoms with Gasteiger partial charge in [0.25, 0.3) is 0 Å². The number of aromatic nitrogens is 2. The fourth-order valence-electron chi connectivity index (χ4n) is 2.63. The second-order valence-corrected chi connectivity index (χ2v) is 8.16. The van der Waals surface area contributed by atoms with Crippen molar-refractivity contribution in [1.29, 1.82) is 0 Å². The Balaban J connectivity index is 1.93. The molecule has 2 heterocycles. The Bertz CT molecular complexity index is 594. The number of hydrogen-bond donors (Lipinski definition) is 0. The molecule has 1 aromatic heterocycles. The molecular formula is C16H25ClN4O2S. The smallest absolute Gasteiger partial charge is 0.410 e. The highest BCUT2D eigenvalue weighted by Gasteiger charge is 2.30. The molecule has 0 spiro atoms. The summed E-state index contributed by atoms with van der Waals surface area (Å²) in [6.45, 7) is 7.89. The first-order valence-electron chi connectivity index (χ1n) is 7.95. The zero-order valence-corrected chi connectivity index (χ0v) is 16.4. The monoisotopic (exact) mass is 372 g/mol. The van der Waals surface area contributed by atoms with Crippen LogP contribution < -0.4 is 4.90 Å². The number of carbonyl (C=O) groups excluding carboxylic acids is 1. The summed E-state index contributed by atoms with van der Waals surface area (Å²) < 4.78 is 5.44. The molecule has 0 aliphatic carbocycles. The highest BCUT2D eigenvalue weighted by Crippen LogP contribution is 2.24. The van der Waals surface area contributed by atoms with Crippen LogP contribution in [-0.2, 0) is 4.74 Å². The summed E-state index contributed by atoms with van der Waals surface area (Å²) >= 11 is 7.52. The SMILES string of the molecule is CSc1nc(Cl)cc(N(C)CC2CCN(C(=O)OC(C)(C)C)C2)n1. The van der Waals surface area contributed by atoms with Crippen molar-refractivity contribution in [2.24, 2.45) is 5.92 Å². The molecular weight excluding hydrogens is 348 g/mol. The fraction of sp³-hybridized carbons (Fsp3) is 0.688. The summed E-state index contributed by atoms with van der Waals surface area (Å²) in [4.78, 5) is 24.6. The minimum atomic E-state index is -0.460. The third-order valence-corrected chi connectivity index (χ3v) is 4.45. The average Bonchev–Trinajstić information content (AvgIpc) is 2.93. The molecule has 1 aromatic rings. The Hall–Kier alpha value is -1.21. The van der Waals surface area contributed by atoms with Crippen LogP contribution in [0.15, 0.2) is 11.2 Å². The summed E-state index contributed by atoms with van der Waals surface area (Å²) in [6, 6.07) is 1.77. The van der Waals surface area contributed by atoms with E-state index in [0.717, 1.165) is 25.3 Å². The Morgan fingerprint density at radius 2 is 2.21 bits per heavy atom. The molecule has 1 atom stereocenters. The molecule has 8 heteroatoms. The molecule has 2 rings (SSSR count). The number of hydrogen-bond acceptors (Lipinski definition) is 6. The van der Waals surface area contributed by atoms with E-state index in [1.807, 2.05) is 34.1 Å². The van der Waals surface area contributed by atoms with E-state index in [4.69, 9.17) is 16.3 Å². The predicted octanol–water partition coefficient (Wildman–Crippen LogP) is 3.55. The van der Waals surface area contributed by atoms with Crippen molar-refractivity contribution < 1.29 is 9.53 Å². The molecule has 1 fully saturated rings. The van der Waals surface area contributed by atoms with Crippen molar-refractivity contribution in [3.63, 3.8) is 0 Å². The summed E-state index contributed by atoms with van der Waals surface area (Å²) in [5, 5.41) is 1.10. The summed E-state index contributed by atoms with van der Waals surface area (Å²) in [5.41, 5.74) is -0.460. The number of carbonyl (C=O) groups is 1. The zero-order chi connectivity index (χ0) is 17.9. The van der Waals surface area contributed by atoms with E-state index in [1.165, 1.54) is 11.8 Å². The van der Waals surface area contributed by atoms with E-state index in [9.17, 15) is 4.79 Å². The predicted molar refractivity (Wildman–Crippen MR) is 98.0 cm³/mol. The first-order valence-corrected chi connectivity index (χ1v) is 9.56. The average molecular weight is 373 g/mol. The molecule has 134 valence electrons. The van der Waals surface area contributed by atoms with Crippen molar-refractivity contribution in [3.05, 3.63) is 11.2 Å². The molecule has 1 saturated heterocycles. The molecule has 0 radical (unpaired) electrons. The Morgan fingerprint density at radius 3 is 2.83 bits per heavy atom. The van der Waals surface area contributed by atoms with Crippen LogP contribution in [0.2, 0.25) is 5.15 Å². The van der Waals surface area contributed by atoms with Crippen LogP contribution in [0.3, 0.4) is 0 Å². The minimum absolute atomic E-state index is 0.234. The molecule has 1 amide bonds. The maximum atomic E-state index is 12.1. The largest absolute Gasteiger partial charge is 0.444 e. The molecule has 1 aliphatic heterocycles. The number of ether oxygens (including phenoxy) is 1. The van der Waals surface area contributed by atoms with Gasteiger partial charge in [-0.2, -0.15) is 0 Å². The van der Waals surface area contributed by atoms with E-state index in [0.29, 0.717) is 22.8 Å². The van der Waals surface area contributed by atoms with Crippen molar-refractivity contribution in [1.82, 2.24) is 14.9 Å². The van der Waals surface area contributed by atoms with E-state index in [2.05, 4.69) is 14.9 Å². The number of anilines is 1. The van der Waals surface area contributed by atoms with Gasteiger partial charge in [-0.05, 0) is 39.4 Å². The fourth-order valence-corrected chi connectivity index (χ4v) is 3.23. The van der Waals surface area contributed by atoms with E-state index in [1.54, 1.807) is 11.0 Å². The number of rotatable bonds is 4. The first-order chi connectivity index (χ1) is 11.2. The molecule has 6 nitrogen and oxygen atoms in total. The van der Waals surface area contributed by atoms with Gasteiger partial charge < -0.3 is 14.5 Å². The van der Waals surface area contributed by atoms with Gasteiger partial charge in [-0.1, -0.05) is 23.4 Å². The van der Waals surface area contributed by atoms with E-state index in [-0.39, 0.29) is 6.09 Å². The van der Waals surface area contributed by atoms with Crippen molar-refractivity contribution in [3.8, 4) is 0 Å². The van der Waals surface area contributed by atoms with Crippen molar-refractivity contribution in [2.45, 2.75) is 37.9 Å². The van der Waals surface area contributed by atoms with E-state index >= 15 is 0 Å². The highest BCUT2D eigenvalue weighted by atomic mass is 35.5. The summed E-state index contributed by atoms with van der Waals surface area (Å²) in [5.74, 6) is 1.18. The van der Waals surface area contributed by atoms with Crippen LogP contribution in [0, 0.1) is 5.92 Å². The standard InChI is InChI=1S/C16H25ClN4O2S/c1-16(2,3)23-15(22)21-7-6-11(10-21)9-20(4)13-8-12(17)18-14(19-13)24-5/h8,11H,6-7,9-10H2,1-5H3. The summed E-state index contributed by atoms with van der Waals surface area (Å²) in [6.07, 6.45) is 2.64. The maximum absolute atomic E-state index is 12.1. The maximum Gasteiger partial charge on any atom is 0.410 e. The number of halogens is 1. The Morgan fingerprint density at radius 1 is 1.50 bits per heavy atom. The van der Waals surface area contributed by atoms with Crippen LogP contribution in [0.5, 0.6) is 0 Å². The van der Waals surface area contributed by atoms with Gasteiger partial charge in [0.15, 0.2) is 5.16 Å². The lowest BCUT2D eigenvalue weighted by Gasteiger charge is -2.25. The third-order valence-electron chi connectivity index (χ3n) is 3.70. The minimum Gasteiger partial charge on any atom is -0.444 e. The van der Waals surface area contributed by atoms with Gasteiger partial charge in [-0.15, -0.1) is 0 Å². The number of thioether (sulfide) groups is 1. The van der Waals surface area contributed by atoms with Crippen molar-refractivity contribution >= 4 is 35.3 Å². The van der Waals surface area contributed by atoms with Gasteiger partial charge in [-0.3, -0.25) is 0 Å². The molecule has 1 unspecified atom stereocenters. The zero-order valence-electron chi connectivity index (χ0n) is 14.9. The van der Waals surface area contributed by atoms with Gasteiger partial charge in [0.2, 0.25) is 0 Å². The molecule has 0 N–H and O–H groups in total. The van der Waals surface area contributed by atoms with Crippen LogP contribution in [0.1, 0.15) is 27.2 Å². The van der Waals surface area contributed by atoms with Crippen LogP contribution >= 0.6 is 23.4 Å². The van der Waals surface area contributed by atoms with Crippen LogP contribution in [-0.4, -0.2) is 59.5 Å². The topological polar surface area (TPSA) is 58.6 Å². The molecule has 24 heavy (non-hydrogen) atoms.